The molecule has 398 valence electrons. The lowest BCUT2D eigenvalue weighted by molar-refractivity contribution is 0.295. The molecule has 0 bridgehead atoms. The molecule has 0 atom stereocenters. The minimum Gasteiger partial charge on any atom is -0.494 e. The summed E-state index contributed by atoms with van der Waals surface area (Å²) in [5, 5.41) is 0. The summed E-state index contributed by atoms with van der Waals surface area (Å²) in [6.07, 6.45) is 34.7. The van der Waals surface area contributed by atoms with Crippen LogP contribution in [0.5, 0.6) is 11.5 Å². The van der Waals surface area contributed by atoms with Crippen LogP contribution in [-0.4, -0.2) is 13.2 Å². The van der Waals surface area contributed by atoms with Gasteiger partial charge in [0.1, 0.15) is 11.5 Å². The molecule has 4 nitrogen and oxygen atoms in total. The van der Waals surface area contributed by atoms with Crippen molar-refractivity contribution in [2.45, 2.75) is 156 Å². The minimum absolute atomic E-state index is 0.670. The lowest BCUT2D eigenvalue weighted by Gasteiger charge is -2.25. The van der Waals surface area contributed by atoms with Gasteiger partial charge in [-0.2, -0.15) is 0 Å². The Morgan fingerprint density at radius 2 is 0.658 bits per heavy atom. The largest absolute Gasteiger partial charge is 0.494 e. The van der Waals surface area contributed by atoms with Crippen LogP contribution in [0.3, 0.4) is 0 Å². The van der Waals surface area contributed by atoms with Crippen molar-refractivity contribution in [3.63, 3.8) is 0 Å². The fraction of sp³-hybridized carbons (Fsp3) is 0.361. The van der Waals surface area contributed by atoms with Gasteiger partial charge in [0.25, 0.3) is 0 Å². The smallest absolute Gasteiger partial charge is 0.133 e. The zero-order chi connectivity index (χ0) is 52.8. The first-order valence-electron chi connectivity index (χ1n) is 29.3. The quantitative estimate of drug-likeness (QED) is 0.0297. The van der Waals surface area contributed by atoms with Crippen LogP contribution in [0.15, 0.2) is 170 Å². The van der Waals surface area contributed by atoms with Gasteiger partial charge in [0, 0.05) is 45.3 Å². The van der Waals surface area contributed by atoms with Gasteiger partial charge in [-0.25, -0.2) is 0 Å². The van der Waals surface area contributed by atoms with E-state index in [0.29, 0.717) is 13.2 Å². The molecule has 0 amide bonds. The maximum Gasteiger partial charge on any atom is 0.133 e. The van der Waals surface area contributed by atoms with Crippen LogP contribution < -0.4 is 19.3 Å². The normalized spacial score (nSPS) is 11.4. The van der Waals surface area contributed by atoms with E-state index in [2.05, 4.69) is 232 Å². The monoisotopic (exact) mass is 1010 g/mol. The van der Waals surface area contributed by atoms with E-state index in [1.165, 1.54) is 127 Å². The van der Waals surface area contributed by atoms with Gasteiger partial charge in [-0.15, -0.1) is 0 Å². The fourth-order valence-corrected chi connectivity index (χ4v) is 10.1. The summed E-state index contributed by atoms with van der Waals surface area (Å²) in [4.78, 5) is 4.65. The zero-order valence-corrected chi connectivity index (χ0v) is 46.7. The Balaban J connectivity index is 1.15. The molecule has 0 saturated heterocycles. The van der Waals surface area contributed by atoms with E-state index in [1.54, 1.807) is 0 Å². The fourth-order valence-electron chi connectivity index (χ4n) is 10.1. The number of ether oxygens (including phenoxy) is 2. The average molecular weight is 1010 g/mol. The summed E-state index contributed by atoms with van der Waals surface area (Å²) in [5.41, 5.74) is 13.5. The second kappa shape index (κ2) is 32.6. The Labute approximate surface area is 459 Å². The average Bonchev–Trinajstić information content (AvgIpc) is 3.44. The molecular weight excluding hydrogens is 925 g/mol. The molecule has 0 aliphatic carbocycles. The predicted octanol–water partition coefficient (Wildman–Crippen LogP) is 22.2. The number of benzene rings is 7. The van der Waals surface area contributed by atoms with Gasteiger partial charge in [-0.05, 0) is 134 Å². The molecule has 0 N–H and O–H groups in total. The number of para-hydroxylation sites is 2. The van der Waals surface area contributed by atoms with Crippen LogP contribution in [-0.2, 0) is 0 Å². The van der Waals surface area contributed by atoms with Crippen LogP contribution in [0.25, 0.3) is 24.3 Å². The van der Waals surface area contributed by atoms with Crippen LogP contribution in [0.1, 0.15) is 176 Å². The molecule has 7 aromatic carbocycles. The van der Waals surface area contributed by atoms with Gasteiger partial charge < -0.3 is 19.3 Å². The number of hydrogen-bond donors (Lipinski definition) is 0. The highest BCUT2D eigenvalue weighted by Gasteiger charge is 2.15. The van der Waals surface area contributed by atoms with Crippen molar-refractivity contribution in [3.05, 3.63) is 203 Å². The Morgan fingerprint density at radius 1 is 0.316 bits per heavy atom. The highest BCUT2D eigenvalue weighted by Crippen LogP contribution is 2.38. The van der Waals surface area contributed by atoms with Gasteiger partial charge >= 0.3 is 0 Å². The van der Waals surface area contributed by atoms with E-state index in [-0.39, 0.29) is 0 Å². The molecule has 0 aromatic heterocycles. The van der Waals surface area contributed by atoms with Crippen molar-refractivity contribution in [2.24, 2.45) is 0 Å². The van der Waals surface area contributed by atoms with E-state index in [9.17, 15) is 0 Å². The molecule has 0 fully saturated rings. The minimum atomic E-state index is 0.670. The van der Waals surface area contributed by atoms with Crippen molar-refractivity contribution < 1.29 is 9.47 Å². The Kier molecular flexibility index (Phi) is 24.4. The van der Waals surface area contributed by atoms with Crippen molar-refractivity contribution in [3.8, 4) is 11.5 Å². The summed E-state index contributed by atoms with van der Waals surface area (Å²) in [5.74, 6) is 1.77. The summed E-state index contributed by atoms with van der Waals surface area (Å²) in [6.45, 7) is 10.3. The molecule has 0 radical (unpaired) electrons. The standard InChI is InChI=1S/C72H88N2O2/c1-5-7-9-11-13-15-17-19-21-29-53-75-71-57-63(47-41-61-43-49-67(50-44-61)73(65-35-25-23-26-36-65)69-39-31-33-59(3)55-69)72(76-54-30-22-20-18-16-14-12-10-8-6-2)64(58-71)48-42-62-45-51-68(52-46-62)74(66-37-27-24-28-38-66)70-40-32-34-60(4)56-70/h23-28,31-52,55-58H,5-22,29-30,53-54H2,1-4H3/b47-41+,48-42+. The third-order valence-corrected chi connectivity index (χ3v) is 14.4. The first-order chi connectivity index (χ1) is 37.5. The van der Waals surface area contributed by atoms with Crippen LogP contribution in [0, 0.1) is 13.8 Å². The first kappa shape index (κ1) is 56.9. The third kappa shape index (κ3) is 18.8. The van der Waals surface area contributed by atoms with Gasteiger partial charge in [-0.1, -0.05) is 239 Å². The number of rotatable bonds is 34. The molecule has 0 heterocycles. The van der Waals surface area contributed by atoms with E-state index in [4.69, 9.17) is 9.47 Å². The van der Waals surface area contributed by atoms with Crippen molar-refractivity contribution in [1.29, 1.82) is 0 Å². The summed E-state index contributed by atoms with van der Waals surface area (Å²) < 4.78 is 13.6. The summed E-state index contributed by atoms with van der Waals surface area (Å²) >= 11 is 0. The predicted molar refractivity (Wildman–Crippen MR) is 331 cm³/mol. The highest BCUT2D eigenvalue weighted by atomic mass is 16.5. The molecule has 4 heteroatoms. The molecule has 0 unspecified atom stereocenters. The van der Waals surface area contributed by atoms with Gasteiger partial charge in [0.05, 0.1) is 13.2 Å². The number of unbranched alkanes of at least 4 members (excludes halogenated alkanes) is 18. The highest BCUT2D eigenvalue weighted by molar-refractivity contribution is 5.83. The molecule has 0 spiro atoms. The van der Waals surface area contributed by atoms with Crippen molar-refractivity contribution in [2.75, 3.05) is 23.0 Å². The van der Waals surface area contributed by atoms with Crippen molar-refractivity contribution in [1.82, 2.24) is 0 Å². The molecule has 7 aromatic rings. The second-order valence-corrected chi connectivity index (χ2v) is 20.9. The topological polar surface area (TPSA) is 24.9 Å². The lowest BCUT2D eigenvalue weighted by atomic mass is 10.0. The van der Waals surface area contributed by atoms with Gasteiger partial charge in [-0.3, -0.25) is 0 Å². The van der Waals surface area contributed by atoms with Crippen LogP contribution >= 0.6 is 0 Å². The van der Waals surface area contributed by atoms with E-state index in [0.717, 1.165) is 80.7 Å². The first-order valence-corrected chi connectivity index (χ1v) is 29.3. The number of nitrogens with zero attached hydrogens (tertiary/aromatic N) is 2. The maximum absolute atomic E-state index is 6.93. The van der Waals surface area contributed by atoms with Crippen LogP contribution in [0.4, 0.5) is 34.1 Å². The molecular formula is C72H88N2O2. The van der Waals surface area contributed by atoms with Crippen LogP contribution in [0.2, 0.25) is 0 Å². The Hall–Kier alpha value is -6.78. The van der Waals surface area contributed by atoms with Crippen molar-refractivity contribution >= 4 is 58.4 Å². The van der Waals surface area contributed by atoms with E-state index < -0.39 is 0 Å². The summed E-state index contributed by atoms with van der Waals surface area (Å²) in [6, 6.07) is 60.9. The zero-order valence-electron chi connectivity index (χ0n) is 46.7. The molecule has 7 rings (SSSR count). The number of anilines is 6. The maximum atomic E-state index is 6.93. The van der Waals surface area contributed by atoms with Gasteiger partial charge in [0.2, 0.25) is 0 Å². The van der Waals surface area contributed by atoms with E-state index in [1.807, 2.05) is 0 Å². The molecule has 0 aliphatic heterocycles. The Morgan fingerprint density at radius 3 is 1.04 bits per heavy atom. The third-order valence-electron chi connectivity index (χ3n) is 14.4. The SMILES string of the molecule is CCCCCCCCCCCCOc1cc(/C=C/c2ccc(N(c3ccccc3)c3cccc(C)c3)cc2)c(OCCCCCCCCCCCC)c(/C=C/c2ccc(N(c3ccccc3)c3cccc(C)c3)cc2)c1. The lowest BCUT2D eigenvalue weighted by Crippen LogP contribution is -2.09. The molecule has 0 aliphatic rings. The second-order valence-electron chi connectivity index (χ2n) is 20.9. The number of hydrogen-bond acceptors (Lipinski definition) is 4. The summed E-state index contributed by atoms with van der Waals surface area (Å²) in [7, 11) is 0. The van der Waals surface area contributed by atoms with Gasteiger partial charge in [0.15, 0.2) is 0 Å². The molecule has 76 heavy (non-hydrogen) atoms. The molecule has 0 saturated carbocycles. The number of aryl methyl sites for hydroxylation is 2. The Bertz CT molecular complexity index is 2600. The van der Waals surface area contributed by atoms with E-state index >= 15 is 0 Å².